The van der Waals surface area contributed by atoms with Crippen molar-refractivity contribution in [3.63, 3.8) is 0 Å². The van der Waals surface area contributed by atoms with Gasteiger partial charge in [0.15, 0.2) is 11.5 Å². The van der Waals surface area contributed by atoms with Crippen LogP contribution >= 0.6 is 0 Å². The molecule has 3 aromatic heterocycles. The third kappa shape index (κ3) is 3.88. The van der Waals surface area contributed by atoms with Gasteiger partial charge < -0.3 is 16.0 Å². The predicted octanol–water partition coefficient (Wildman–Crippen LogP) is 1.23. The van der Waals surface area contributed by atoms with Crippen molar-refractivity contribution in [2.75, 3.05) is 17.7 Å². The monoisotopic (exact) mass is 393 g/mol. The minimum Gasteiger partial charge on any atom is -0.354 e. The van der Waals surface area contributed by atoms with Crippen LogP contribution in [0.5, 0.6) is 0 Å². The average Bonchev–Trinajstić information content (AvgIpc) is 3.52. The number of amides is 2. The largest absolute Gasteiger partial charge is 0.354 e. The third-order valence-corrected chi connectivity index (χ3v) is 4.45. The molecule has 1 fully saturated rings. The summed E-state index contributed by atoms with van der Waals surface area (Å²) in [5.41, 5.74) is 1.97. The van der Waals surface area contributed by atoms with Gasteiger partial charge in [-0.2, -0.15) is 5.10 Å². The highest BCUT2D eigenvalue weighted by Crippen LogP contribution is 2.39. The highest BCUT2D eigenvalue weighted by Gasteiger charge is 2.28. The molecule has 4 rings (SSSR count). The number of rotatable bonds is 6. The van der Waals surface area contributed by atoms with Crippen molar-refractivity contribution in [3.8, 4) is 0 Å². The van der Waals surface area contributed by atoms with Crippen LogP contribution in [-0.2, 0) is 7.05 Å². The number of nitrogens with zero attached hydrogens (tertiary/aromatic N) is 6. The quantitative estimate of drug-likeness (QED) is 0.568. The van der Waals surface area contributed by atoms with Crippen LogP contribution in [0.15, 0.2) is 31.1 Å². The number of hydrogen-bond donors (Lipinski definition) is 3. The highest BCUT2D eigenvalue weighted by atomic mass is 16.2. The van der Waals surface area contributed by atoms with Gasteiger partial charge in [-0.1, -0.05) is 0 Å². The Bertz CT molecular complexity index is 1060. The number of carbonyl (C=O) groups excluding carboxylic acids is 2. The summed E-state index contributed by atoms with van der Waals surface area (Å²) in [6.45, 7) is 0. The Morgan fingerprint density at radius 2 is 1.86 bits per heavy atom. The minimum atomic E-state index is -0.502. The molecule has 0 saturated heterocycles. The minimum absolute atomic E-state index is 0.116. The number of anilines is 3. The molecule has 0 radical (unpaired) electrons. The standard InChI is InChI=1S/C18H19N9O2/c1-19-18(29)15-13(8-23-27(15)2)26-17(28)14-16(24-11-5-20-9-21-6-11)22-7-12(25-14)10-3-4-10/h5-10H,3-4H2,1-2H3,(H,19,29)(H,22,24)(H,26,28). The van der Waals surface area contributed by atoms with Crippen molar-refractivity contribution >= 4 is 29.0 Å². The van der Waals surface area contributed by atoms with E-state index < -0.39 is 5.91 Å². The highest BCUT2D eigenvalue weighted by molar-refractivity contribution is 6.09. The number of nitrogens with one attached hydrogen (secondary N) is 3. The molecule has 0 aromatic carbocycles. The van der Waals surface area contributed by atoms with Crippen LogP contribution in [0.2, 0.25) is 0 Å². The van der Waals surface area contributed by atoms with E-state index in [1.807, 2.05) is 0 Å². The van der Waals surface area contributed by atoms with Gasteiger partial charge in [0, 0.05) is 20.0 Å². The Morgan fingerprint density at radius 3 is 2.55 bits per heavy atom. The molecule has 0 unspecified atom stereocenters. The van der Waals surface area contributed by atoms with Crippen molar-refractivity contribution < 1.29 is 9.59 Å². The van der Waals surface area contributed by atoms with Crippen molar-refractivity contribution in [2.45, 2.75) is 18.8 Å². The maximum Gasteiger partial charge on any atom is 0.278 e. The summed E-state index contributed by atoms with van der Waals surface area (Å²) < 4.78 is 1.39. The number of hydrogen-bond acceptors (Lipinski definition) is 8. The summed E-state index contributed by atoms with van der Waals surface area (Å²) >= 11 is 0. The lowest BCUT2D eigenvalue weighted by molar-refractivity contribution is 0.0954. The molecule has 0 aliphatic heterocycles. The molecular formula is C18H19N9O2. The summed E-state index contributed by atoms with van der Waals surface area (Å²) in [7, 11) is 3.13. The van der Waals surface area contributed by atoms with Gasteiger partial charge in [-0.15, -0.1) is 0 Å². The molecule has 0 spiro atoms. The summed E-state index contributed by atoms with van der Waals surface area (Å²) in [5, 5.41) is 12.3. The molecule has 3 N–H and O–H groups in total. The molecule has 1 aliphatic rings. The molecule has 11 heteroatoms. The van der Waals surface area contributed by atoms with E-state index in [1.54, 1.807) is 25.6 Å². The Kier molecular flexibility index (Phi) is 4.85. The van der Waals surface area contributed by atoms with Crippen molar-refractivity contribution in [2.24, 2.45) is 7.05 Å². The molecule has 29 heavy (non-hydrogen) atoms. The Hall–Kier alpha value is -3.89. The van der Waals surface area contributed by atoms with Crippen LogP contribution in [-0.4, -0.2) is 48.6 Å². The number of aromatic nitrogens is 6. The van der Waals surface area contributed by atoms with E-state index in [-0.39, 0.29) is 28.8 Å². The van der Waals surface area contributed by atoms with Gasteiger partial charge in [-0.05, 0) is 12.8 Å². The fraction of sp³-hybridized carbons (Fsp3) is 0.278. The van der Waals surface area contributed by atoms with E-state index >= 15 is 0 Å². The van der Waals surface area contributed by atoms with Crippen LogP contribution in [0.4, 0.5) is 17.2 Å². The zero-order valence-electron chi connectivity index (χ0n) is 15.9. The second-order valence-electron chi connectivity index (χ2n) is 6.58. The van der Waals surface area contributed by atoms with E-state index in [0.29, 0.717) is 11.6 Å². The Balaban J connectivity index is 1.66. The second-order valence-corrected chi connectivity index (χ2v) is 6.58. The van der Waals surface area contributed by atoms with E-state index in [1.165, 1.54) is 24.3 Å². The summed E-state index contributed by atoms with van der Waals surface area (Å²) in [6.07, 6.45) is 9.67. The molecule has 0 bridgehead atoms. The molecule has 148 valence electrons. The smallest absolute Gasteiger partial charge is 0.278 e. The average molecular weight is 393 g/mol. The van der Waals surface area contributed by atoms with E-state index in [0.717, 1.165) is 18.5 Å². The number of carbonyl (C=O) groups is 2. The Morgan fingerprint density at radius 1 is 1.10 bits per heavy atom. The van der Waals surface area contributed by atoms with Crippen molar-refractivity contribution in [1.82, 2.24) is 35.0 Å². The van der Waals surface area contributed by atoms with Crippen LogP contribution in [0, 0.1) is 0 Å². The van der Waals surface area contributed by atoms with Gasteiger partial charge >= 0.3 is 0 Å². The van der Waals surface area contributed by atoms with E-state index in [4.69, 9.17) is 0 Å². The Labute approximate surface area is 166 Å². The van der Waals surface area contributed by atoms with Gasteiger partial charge in [0.25, 0.3) is 11.8 Å². The first kappa shape index (κ1) is 18.5. The summed E-state index contributed by atoms with van der Waals surface area (Å²) in [4.78, 5) is 42.0. The van der Waals surface area contributed by atoms with Crippen LogP contribution < -0.4 is 16.0 Å². The van der Waals surface area contributed by atoms with Gasteiger partial charge in [0.05, 0.1) is 41.9 Å². The second kappa shape index (κ2) is 7.62. The zero-order chi connectivity index (χ0) is 20.4. The fourth-order valence-electron chi connectivity index (χ4n) is 2.83. The lowest BCUT2D eigenvalue weighted by Crippen LogP contribution is -2.24. The maximum absolute atomic E-state index is 13.0. The SMILES string of the molecule is CNC(=O)c1c(NC(=O)c2nc(C3CC3)cnc2Nc2cncnc2)cnn1C. The van der Waals surface area contributed by atoms with Crippen LogP contribution in [0.1, 0.15) is 45.4 Å². The van der Waals surface area contributed by atoms with E-state index in [9.17, 15) is 9.59 Å². The molecule has 3 aromatic rings. The predicted molar refractivity (Wildman–Crippen MR) is 104 cm³/mol. The lowest BCUT2D eigenvalue weighted by atomic mass is 10.2. The van der Waals surface area contributed by atoms with Crippen LogP contribution in [0.25, 0.3) is 0 Å². The summed E-state index contributed by atoms with van der Waals surface area (Å²) in [6, 6.07) is 0. The molecule has 1 saturated carbocycles. The van der Waals surface area contributed by atoms with E-state index in [2.05, 4.69) is 41.0 Å². The molecule has 0 atom stereocenters. The first-order valence-corrected chi connectivity index (χ1v) is 9.01. The molecular weight excluding hydrogens is 374 g/mol. The van der Waals surface area contributed by atoms with Gasteiger partial charge in [-0.3, -0.25) is 14.3 Å². The third-order valence-electron chi connectivity index (χ3n) is 4.45. The first-order valence-electron chi connectivity index (χ1n) is 9.01. The molecule has 11 nitrogen and oxygen atoms in total. The topological polar surface area (TPSA) is 140 Å². The fourth-order valence-corrected chi connectivity index (χ4v) is 2.83. The number of aryl methyl sites for hydroxylation is 1. The zero-order valence-corrected chi connectivity index (χ0v) is 15.9. The normalized spacial score (nSPS) is 13.0. The first-order chi connectivity index (χ1) is 14.1. The summed E-state index contributed by atoms with van der Waals surface area (Å²) in [5.74, 6) is -0.273. The lowest BCUT2D eigenvalue weighted by Gasteiger charge is -2.12. The maximum atomic E-state index is 13.0. The van der Waals surface area contributed by atoms with Crippen molar-refractivity contribution in [1.29, 1.82) is 0 Å². The van der Waals surface area contributed by atoms with Gasteiger partial charge in [0.2, 0.25) is 0 Å². The molecule has 2 amide bonds. The van der Waals surface area contributed by atoms with Gasteiger partial charge in [-0.25, -0.2) is 19.9 Å². The molecule has 3 heterocycles. The van der Waals surface area contributed by atoms with Gasteiger partial charge in [0.1, 0.15) is 12.0 Å². The van der Waals surface area contributed by atoms with Crippen LogP contribution in [0.3, 0.4) is 0 Å². The molecule has 1 aliphatic carbocycles. The van der Waals surface area contributed by atoms with Crippen molar-refractivity contribution in [3.05, 3.63) is 48.2 Å².